The van der Waals surface area contributed by atoms with Crippen LogP contribution in [0.3, 0.4) is 0 Å². The molecule has 29 nitrogen and oxygen atoms in total. The number of rotatable bonds is 37. The normalized spacial score (nSPS) is 17.3. The Hall–Kier alpha value is -10.8. The summed E-state index contributed by atoms with van der Waals surface area (Å²) in [5.41, 5.74) is 13.1. The van der Waals surface area contributed by atoms with Gasteiger partial charge in [-0.15, -0.1) is 0 Å². The van der Waals surface area contributed by atoms with E-state index in [1.165, 1.54) is 119 Å². The molecule has 12 rings (SSSR count). The van der Waals surface area contributed by atoms with E-state index in [-0.39, 0.29) is 83.8 Å². The summed E-state index contributed by atoms with van der Waals surface area (Å²) in [5, 5.41) is 30.9. The molecule has 8 heterocycles. The third kappa shape index (κ3) is 23.5. The molecule has 0 spiro atoms. The van der Waals surface area contributed by atoms with Crippen LogP contribution in [-0.4, -0.2) is 210 Å². The lowest BCUT2D eigenvalue weighted by atomic mass is 9.99. The molecule has 4 fully saturated rings. The summed E-state index contributed by atoms with van der Waals surface area (Å²) in [6.45, 7) is 4.59. The van der Waals surface area contributed by atoms with Crippen molar-refractivity contribution in [3.63, 3.8) is 0 Å². The van der Waals surface area contributed by atoms with Crippen LogP contribution in [0.15, 0.2) is 85.2 Å². The summed E-state index contributed by atoms with van der Waals surface area (Å²) in [6.07, 6.45) is 31.4. The molecule has 2 atom stereocenters. The van der Waals surface area contributed by atoms with Crippen molar-refractivity contribution in [3.05, 3.63) is 130 Å². The summed E-state index contributed by atoms with van der Waals surface area (Å²) >= 11 is 0. The Kier molecular flexibility index (Phi) is 32.5. The van der Waals surface area contributed by atoms with Crippen molar-refractivity contribution in [2.75, 3.05) is 91.3 Å². The molecular weight excluding hydrogens is 1470 g/mol. The number of carbonyl (C=O) groups excluding carboxylic acids is 11. The van der Waals surface area contributed by atoms with E-state index in [2.05, 4.69) is 107 Å². The van der Waals surface area contributed by atoms with Crippen LogP contribution in [0.1, 0.15) is 240 Å². The van der Waals surface area contributed by atoms with E-state index in [4.69, 9.17) is 20.3 Å². The first-order valence-corrected chi connectivity index (χ1v) is 41.0. The number of benzene rings is 4. The van der Waals surface area contributed by atoms with Gasteiger partial charge >= 0.3 is 5.97 Å². The van der Waals surface area contributed by atoms with Gasteiger partial charge < -0.3 is 56.7 Å². The number of aromatic nitrogens is 2. The van der Waals surface area contributed by atoms with Crippen molar-refractivity contribution >= 4 is 104 Å². The molecule has 0 aliphatic carbocycles. The van der Waals surface area contributed by atoms with Gasteiger partial charge in [-0.25, -0.2) is 4.79 Å². The van der Waals surface area contributed by atoms with E-state index in [0.29, 0.717) is 29.8 Å². The Balaban J connectivity index is 0.000000203. The first-order valence-electron chi connectivity index (χ1n) is 41.0. The maximum atomic E-state index is 13.2. The number of fused-ring (bicyclic) bond motifs is 4. The average molecular weight is 1580 g/mol. The van der Waals surface area contributed by atoms with Gasteiger partial charge in [0.2, 0.25) is 23.6 Å². The zero-order valence-electron chi connectivity index (χ0n) is 66.8. The highest BCUT2D eigenvalue weighted by molar-refractivity contribution is 6.26. The first-order chi connectivity index (χ1) is 55.7. The van der Waals surface area contributed by atoms with Crippen LogP contribution in [0.2, 0.25) is 0 Å². The van der Waals surface area contributed by atoms with Gasteiger partial charge in [0.1, 0.15) is 23.6 Å². The number of carboxylic acids is 1. The number of nitrogens with zero attached hydrogens (tertiary/aromatic N) is 6. The molecule has 4 aromatic carbocycles. The van der Waals surface area contributed by atoms with E-state index in [0.717, 1.165) is 153 Å². The number of nitrogens with two attached hydrogens (primary N) is 1. The number of pyridine rings is 2. The number of piperidine rings is 4. The summed E-state index contributed by atoms with van der Waals surface area (Å²) in [5.74, 6) is -6.73. The summed E-state index contributed by atoms with van der Waals surface area (Å²) < 4.78 is 10.7. The minimum Gasteiger partial charge on any atom is -0.483 e. The van der Waals surface area contributed by atoms with Crippen molar-refractivity contribution in [3.8, 4) is 11.5 Å². The Morgan fingerprint density at radius 2 is 0.887 bits per heavy atom. The maximum absolute atomic E-state index is 13.2. The van der Waals surface area contributed by atoms with Crippen LogP contribution in [-0.2, 0) is 41.6 Å². The monoisotopic (exact) mass is 1580 g/mol. The van der Waals surface area contributed by atoms with Gasteiger partial charge in [-0.3, -0.25) is 83.1 Å². The number of imide groups is 4. The van der Waals surface area contributed by atoms with Gasteiger partial charge in [-0.1, -0.05) is 114 Å². The first kappa shape index (κ1) is 86.6. The molecule has 0 radical (unpaired) electrons. The number of aryl methyl sites for hydroxylation is 2. The standard InChI is InChI=1S/C43H55N7O7.C28H45N5O.C15H12N2O7/c1-44-40(53)32-26-46-33-17-16-28(25-31(33)39(32)47-29-20-23-49(2)24-21-29)13-10-8-6-4-3-5-7-9-11-22-45-37(52)27-57-35-15-12-14-30-38(35)43(56)50(42(30)55)34-18-19-36(51)48-41(34)54;1-30-28(34)25-21-31-26-14-13-22(12-10-8-6-4-3-5-7-9-11-17-29)20-24(26)27(25)32-23-15-18-33(2)19-16-23;18-10-5-4-8(13(21)16-10)17-14(22)7-2-1-3-9(12(7)15(17)23)24-6-11(19)20/h12,14-17,25-26,29,34H,3-11,13,18-24,27H2,1-2H3,(H,44,53)(H,45,52)(H,46,47)(H,48,51,54);13-14,20-21,23H,3-12,15-19,29H2,1-2H3,(H,30,34)(H,31,32);1-3,8H,4-6H2,(H,19,20)(H,16,18,21). The Bertz CT molecular complexity index is 4500. The molecule has 6 aliphatic rings. The van der Waals surface area contributed by atoms with Crippen LogP contribution in [0.25, 0.3) is 21.8 Å². The number of anilines is 2. The van der Waals surface area contributed by atoms with Gasteiger partial charge in [-0.2, -0.15) is 0 Å². The van der Waals surface area contributed by atoms with E-state index >= 15 is 0 Å². The van der Waals surface area contributed by atoms with Crippen molar-refractivity contribution in [2.45, 2.75) is 204 Å². The highest BCUT2D eigenvalue weighted by Gasteiger charge is 2.48. The molecule has 29 heteroatoms. The molecule has 6 aliphatic heterocycles. The second-order valence-electron chi connectivity index (χ2n) is 30.6. The molecule has 11 amide bonds. The lowest BCUT2D eigenvalue weighted by molar-refractivity contribution is -0.139. The highest BCUT2D eigenvalue weighted by Crippen LogP contribution is 2.37. The predicted octanol–water partition coefficient (Wildman–Crippen LogP) is 9.41. The van der Waals surface area contributed by atoms with E-state index in [1.54, 1.807) is 32.6 Å². The zero-order chi connectivity index (χ0) is 81.9. The lowest BCUT2D eigenvalue weighted by Gasteiger charge is -2.31. The van der Waals surface area contributed by atoms with Crippen LogP contribution >= 0.6 is 0 Å². The number of unbranched alkanes of at least 4 members (excludes halogenated alkanes) is 16. The topological polar surface area (TPSA) is 392 Å². The molecule has 2 aromatic heterocycles. The number of carboxylic acid groups (broad SMARTS) is 1. The Labute approximate surface area is 671 Å². The zero-order valence-corrected chi connectivity index (χ0v) is 66.8. The largest absolute Gasteiger partial charge is 0.483 e. The molecule has 0 saturated carbocycles. The molecule has 6 aromatic rings. The van der Waals surface area contributed by atoms with E-state index < -0.39 is 71.9 Å². The summed E-state index contributed by atoms with van der Waals surface area (Å²) in [7, 11) is 7.66. The highest BCUT2D eigenvalue weighted by atomic mass is 16.5. The fraction of sp³-hybridized carbons (Fsp3) is 0.512. The average Bonchev–Trinajstić information content (AvgIpc) is 1.59. The van der Waals surface area contributed by atoms with Gasteiger partial charge in [0.25, 0.3) is 41.4 Å². The van der Waals surface area contributed by atoms with Crippen molar-refractivity contribution in [1.82, 2.24) is 56.2 Å². The van der Waals surface area contributed by atoms with E-state index in [9.17, 15) is 57.5 Å². The predicted molar refractivity (Wildman–Crippen MR) is 436 cm³/mol. The molecule has 115 heavy (non-hydrogen) atoms. The Morgan fingerprint density at radius 3 is 1.28 bits per heavy atom. The van der Waals surface area contributed by atoms with Gasteiger partial charge in [0.05, 0.1) is 55.8 Å². The minimum absolute atomic E-state index is 0.0195. The van der Waals surface area contributed by atoms with Crippen molar-refractivity contribution in [2.24, 2.45) is 5.73 Å². The number of carbonyl (C=O) groups is 12. The van der Waals surface area contributed by atoms with Crippen molar-refractivity contribution in [1.29, 1.82) is 0 Å². The molecule has 616 valence electrons. The molecule has 10 N–H and O–H groups in total. The quantitative estimate of drug-likeness (QED) is 0.0129. The summed E-state index contributed by atoms with van der Waals surface area (Å²) in [4.78, 5) is 163. The third-order valence-electron chi connectivity index (χ3n) is 22.1. The number of aliphatic carboxylic acids is 1. The minimum atomic E-state index is -1.23. The second kappa shape index (κ2) is 43.1. The Morgan fingerprint density at radius 1 is 0.496 bits per heavy atom. The molecular formula is C86H112N14O15. The van der Waals surface area contributed by atoms with Gasteiger partial charge in [0, 0.05) is 68.7 Å². The molecule has 4 saturated heterocycles. The van der Waals surface area contributed by atoms with Crippen LogP contribution < -0.4 is 52.4 Å². The number of hydrogen-bond donors (Lipinski definition) is 9. The van der Waals surface area contributed by atoms with Crippen LogP contribution in [0.4, 0.5) is 11.4 Å². The smallest absolute Gasteiger partial charge is 0.341 e. The number of hydrogen-bond acceptors (Lipinski definition) is 21. The summed E-state index contributed by atoms with van der Waals surface area (Å²) in [6, 6.07) is 20.3. The maximum Gasteiger partial charge on any atom is 0.341 e. The number of nitrogens with one attached hydrogen (secondary N) is 7. The SMILES string of the molecule is CNC(=O)c1cnc2ccc(CCCCCCCCCCCN)cc2c1NC1CCN(C)CC1.CNC(=O)c1cnc2ccc(CCCCCCCCCCCNC(=O)COc3cccc4c3C(=O)N(C3CCC(=O)NC3=O)C4=O)cc2c1NC1CCN(C)CC1.O=C(O)COc1cccc2c1C(=O)N(C1CCC(=O)NC1=O)C2=O. The number of ether oxygens (including phenoxy) is 2. The lowest BCUT2D eigenvalue weighted by Crippen LogP contribution is -2.54. The van der Waals surface area contributed by atoms with Crippen LogP contribution in [0, 0.1) is 0 Å². The molecule has 2 unspecified atom stereocenters. The van der Waals surface area contributed by atoms with Crippen LogP contribution in [0.5, 0.6) is 11.5 Å². The second-order valence-corrected chi connectivity index (χ2v) is 30.6. The third-order valence-corrected chi connectivity index (χ3v) is 22.1. The number of amides is 11. The van der Waals surface area contributed by atoms with Gasteiger partial charge in [-0.05, 0) is 184 Å². The van der Waals surface area contributed by atoms with Gasteiger partial charge in [0.15, 0.2) is 13.2 Å². The number of likely N-dealkylation sites (tertiary alicyclic amines) is 2. The fourth-order valence-corrected chi connectivity index (χ4v) is 15.6. The molecule has 0 bridgehead atoms. The fourth-order valence-electron chi connectivity index (χ4n) is 15.6. The van der Waals surface area contributed by atoms with E-state index in [1.807, 2.05) is 0 Å². The van der Waals surface area contributed by atoms with Crippen molar-refractivity contribution < 1.29 is 72.1 Å².